The van der Waals surface area contributed by atoms with Crippen LogP contribution in [-0.4, -0.2) is 41.2 Å². The number of aromatic nitrogens is 2. The first-order valence-corrected chi connectivity index (χ1v) is 9.36. The van der Waals surface area contributed by atoms with Crippen molar-refractivity contribution in [1.82, 2.24) is 14.9 Å². The molecule has 150 valence electrons. The smallest absolute Gasteiger partial charge is 0.414 e. The number of rotatable bonds is 4. The number of amides is 2. The number of fused-ring (bicyclic) bond motifs is 1. The molecule has 30 heavy (non-hydrogen) atoms. The van der Waals surface area contributed by atoms with Crippen molar-refractivity contribution >= 4 is 28.6 Å². The zero-order valence-electron chi connectivity index (χ0n) is 16.0. The topological polar surface area (TPSA) is 93.5 Å². The second-order valence-electron chi connectivity index (χ2n) is 6.59. The summed E-state index contributed by atoms with van der Waals surface area (Å²) in [4.78, 5) is 41.8. The van der Waals surface area contributed by atoms with Gasteiger partial charge in [-0.2, -0.15) is 0 Å². The largest absolute Gasteiger partial charge is 0.447 e. The predicted molar refractivity (Wildman–Crippen MR) is 111 cm³/mol. The maximum atomic E-state index is 12.4. The van der Waals surface area contributed by atoms with Crippen molar-refractivity contribution in [3.63, 3.8) is 0 Å². The van der Waals surface area contributed by atoms with Gasteiger partial charge in [-0.3, -0.25) is 19.1 Å². The Morgan fingerprint density at radius 1 is 1.13 bits per heavy atom. The van der Waals surface area contributed by atoms with Crippen LogP contribution in [0.4, 0.5) is 10.5 Å². The van der Waals surface area contributed by atoms with E-state index >= 15 is 0 Å². The Morgan fingerprint density at radius 2 is 1.93 bits per heavy atom. The van der Waals surface area contributed by atoms with Crippen LogP contribution in [0.5, 0.6) is 0 Å². The summed E-state index contributed by atoms with van der Waals surface area (Å²) in [5.41, 5.74) is 1.85. The molecule has 4 rings (SSSR count). The number of anilines is 1. The molecule has 2 amide bonds. The third kappa shape index (κ3) is 4.15. The van der Waals surface area contributed by atoms with E-state index in [4.69, 9.17) is 4.74 Å². The molecule has 1 saturated heterocycles. The van der Waals surface area contributed by atoms with E-state index in [9.17, 15) is 14.4 Å². The van der Waals surface area contributed by atoms with E-state index in [1.54, 1.807) is 53.4 Å². The van der Waals surface area contributed by atoms with Crippen molar-refractivity contribution in [2.24, 2.45) is 0 Å². The Morgan fingerprint density at radius 3 is 2.70 bits per heavy atom. The number of cyclic esters (lactones) is 1. The molecule has 1 aliphatic rings. The number of hydrogen-bond donors (Lipinski definition) is 1. The monoisotopic (exact) mass is 402 g/mol. The highest BCUT2D eigenvalue weighted by molar-refractivity contribution is 5.89. The molecule has 0 atom stereocenters. The molecule has 0 radical (unpaired) electrons. The van der Waals surface area contributed by atoms with Gasteiger partial charge in [-0.05, 0) is 36.4 Å². The number of nitrogens with one attached hydrogen (secondary N) is 1. The molecule has 0 spiro atoms. The summed E-state index contributed by atoms with van der Waals surface area (Å²) in [6.07, 6.45) is 1.02. The van der Waals surface area contributed by atoms with Crippen molar-refractivity contribution in [2.45, 2.75) is 6.54 Å². The van der Waals surface area contributed by atoms with Crippen LogP contribution in [0.25, 0.3) is 10.9 Å². The van der Waals surface area contributed by atoms with Crippen molar-refractivity contribution in [3.8, 4) is 11.8 Å². The lowest BCUT2D eigenvalue weighted by Gasteiger charge is -2.11. The summed E-state index contributed by atoms with van der Waals surface area (Å²) in [7, 11) is 0. The average molecular weight is 402 g/mol. The number of ether oxygens (including phenoxy) is 1. The fraction of sp³-hybridized carbons (Fsp3) is 0.182. The fourth-order valence-corrected chi connectivity index (χ4v) is 3.07. The van der Waals surface area contributed by atoms with Crippen LogP contribution >= 0.6 is 0 Å². The Bertz CT molecular complexity index is 1220. The van der Waals surface area contributed by atoms with Crippen molar-refractivity contribution < 1.29 is 14.3 Å². The van der Waals surface area contributed by atoms with E-state index < -0.39 is 0 Å². The molecule has 1 fully saturated rings. The quantitative estimate of drug-likeness (QED) is 0.668. The normalized spacial score (nSPS) is 12.9. The maximum Gasteiger partial charge on any atom is 0.414 e. The molecule has 0 bridgehead atoms. The lowest BCUT2D eigenvalue weighted by molar-refractivity contribution is -0.121. The summed E-state index contributed by atoms with van der Waals surface area (Å²) in [6.45, 7) is 0.945. The molecule has 3 aromatic rings. The molecule has 1 aliphatic heterocycles. The van der Waals surface area contributed by atoms with Crippen LogP contribution in [0.3, 0.4) is 0 Å². The van der Waals surface area contributed by atoms with Crippen molar-refractivity contribution in [1.29, 1.82) is 0 Å². The lowest BCUT2D eigenvalue weighted by Crippen LogP contribution is -2.32. The Kier molecular flexibility index (Phi) is 5.44. The summed E-state index contributed by atoms with van der Waals surface area (Å²) in [6, 6.07) is 14.2. The Balaban J connectivity index is 1.32. The van der Waals surface area contributed by atoms with Gasteiger partial charge in [-0.25, -0.2) is 9.78 Å². The number of para-hydroxylation sites is 1. The zero-order valence-corrected chi connectivity index (χ0v) is 16.0. The standard InChI is InChI=1S/C22H18N4O4/c27-20(14-25-15-24-19-6-2-1-5-18(19)21(25)28)23-11-3-4-16-7-9-17(10-8-16)26-12-13-30-22(26)29/h1-2,5-10,15H,11-14H2,(H,23,27). The minimum Gasteiger partial charge on any atom is -0.447 e. The van der Waals surface area contributed by atoms with Gasteiger partial charge < -0.3 is 10.1 Å². The summed E-state index contributed by atoms with van der Waals surface area (Å²) >= 11 is 0. The molecule has 0 aliphatic carbocycles. The van der Waals surface area contributed by atoms with Gasteiger partial charge in [0, 0.05) is 11.3 Å². The first-order chi connectivity index (χ1) is 14.6. The lowest BCUT2D eigenvalue weighted by atomic mass is 10.2. The van der Waals surface area contributed by atoms with Gasteiger partial charge in [-0.1, -0.05) is 24.0 Å². The van der Waals surface area contributed by atoms with Crippen LogP contribution in [0.1, 0.15) is 5.56 Å². The van der Waals surface area contributed by atoms with E-state index in [1.807, 2.05) is 0 Å². The van der Waals surface area contributed by atoms with E-state index in [-0.39, 0.29) is 30.6 Å². The van der Waals surface area contributed by atoms with Gasteiger partial charge in [0.05, 0.1) is 30.3 Å². The van der Waals surface area contributed by atoms with Gasteiger partial charge in [0.2, 0.25) is 5.91 Å². The van der Waals surface area contributed by atoms with Gasteiger partial charge in [0.25, 0.3) is 5.56 Å². The number of nitrogens with zero attached hydrogens (tertiary/aromatic N) is 3. The van der Waals surface area contributed by atoms with Crippen LogP contribution in [-0.2, 0) is 16.1 Å². The average Bonchev–Trinajstić information content (AvgIpc) is 3.20. The number of benzene rings is 2. The van der Waals surface area contributed by atoms with E-state index in [1.165, 1.54) is 10.9 Å². The zero-order chi connectivity index (χ0) is 20.9. The molecule has 2 aromatic carbocycles. The first-order valence-electron chi connectivity index (χ1n) is 9.36. The highest BCUT2D eigenvalue weighted by atomic mass is 16.6. The van der Waals surface area contributed by atoms with Gasteiger partial charge in [0.15, 0.2) is 0 Å². The van der Waals surface area contributed by atoms with E-state index in [0.717, 1.165) is 11.3 Å². The van der Waals surface area contributed by atoms with Crippen LogP contribution in [0.2, 0.25) is 0 Å². The Hall–Kier alpha value is -4.12. The minimum atomic E-state index is -0.350. The molecule has 0 unspecified atom stereocenters. The molecule has 8 heteroatoms. The Labute approximate surface area is 172 Å². The highest BCUT2D eigenvalue weighted by Crippen LogP contribution is 2.18. The maximum absolute atomic E-state index is 12.4. The summed E-state index contributed by atoms with van der Waals surface area (Å²) < 4.78 is 6.19. The molecular weight excluding hydrogens is 384 g/mol. The number of carbonyl (C=O) groups excluding carboxylic acids is 2. The summed E-state index contributed by atoms with van der Waals surface area (Å²) in [5.74, 6) is 5.49. The highest BCUT2D eigenvalue weighted by Gasteiger charge is 2.23. The molecule has 0 saturated carbocycles. The SMILES string of the molecule is O=C(Cn1cnc2ccccc2c1=O)NCC#Cc1ccc(N2CCOC2=O)cc1. The fourth-order valence-electron chi connectivity index (χ4n) is 3.07. The van der Waals surface area contributed by atoms with Crippen molar-refractivity contribution in [3.05, 3.63) is 70.8 Å². The van der Waals surface area contributed by atoms with Crippen LogP contribution < -0.4 is 15.8 Å². The molecule has 2 heterocycles. The van der Waals surface area contributed by atoms with Crippen LogP contribution in [0, 0.1) is 11.8 Å². The minimum absolute atomic E-state index is 0.126. The second kappa shape index (κ2) is 8.49. The van der Waals surface area contributed by atoms with Gasteiger partial charge in [0.1, 0.15) is 13.2 Å². The van der Waals surface area contributed by atoms with Gasteiger partial charge >= 0.3 is 6.09 Å². The molecule has 8 nitrogen and oxygen atoms in total. The molecule has 1 N–H and O–H groups in total. The summed E-state index contributed by atoms with van der Waals surface area (Å²) in [5, 5.41) is 3.14. The molecular formula is C22H18N4O4. The van der Waals surface area contributed by atoms with Crippen molar-refractivity contribution in [2.75, 3.05) is 24.6 Å². The third-order valence-corrected chi connectivity index (χ3v) is 4.59. The van der Waals surface area contributed by atoms with Crippen LogP contribution in [0.15, 0.2) is 59.7 Å². The number of hydrogen-bond acceptors (Lipinski definition) is 5. The second-order valence-corrected chi connectivity index (χ2v) is 6.59. The third-order valence-electron chi connectivity index (χ3n) is 4.59. The van der Waals surface area contributed by atoms with E-state index in [2.05, 4.69) is 22.1 Å². The van der Waals surface area contributed by atoms with E-state index in [0.29, 0.717) is 24.1 Å². The molecule has 1 aromatic heterocycles. The van der Waals surface area contributed by atoms with Gasteiger partial charge in [-0.15, -0.1) is 0 Å². The predicted octanol–water partition coefficient (Wildman–Crippen LogP) is 1.52. The number of carbonyl (C=O) groups is 2. The first kappa shape index (κ1) is 19.2.